The molecule has 1 aromatic rings. The molecule has 0 heterocycles. The summed E-state index contributed by atoms with van der Waals surface area (Å²) in [5, 5.41) is 9.71. The Morgan fingerprint density at radius 2 is 1.75 bits per heavy atom. The van der Waals surface area contributed by atoms with Gasteiger partial charge in [0, 0.05) is 5.75 Å². The van der Waals surface area contributed by atoms with Crippen LogP contribution >= 0.6 is 11.8 Å². The van der Waals surface area contributed by atoms with Gasteiger partial charge in [0.25, 0.3) is 0 Å². The molecule has 90 valence electrons. The molecular weight excluding hydrogens is 216 g/mol. The minimum atomic E-state index is -0.226. The summed E-state index contributed by atoms with van der Waals surface area (Å²) in [5.74, 6) is 0.807. The number of aliphatic hydroxyl groups is 1. The summed E-state index contributed by atoms with van der Waals surface area (Å²) >= 11 is 1.69. The van der Waals surface area contributed by atoms with Gasteiger partial charge in [0.1, 0.15) is 0 Å². The summed E-state index contributed by atoms with van der Waals surface area (Å²) in [6.45, 7) is 6.64. The van der Waals surface area contributed by atoms with E-state index in [1.165, 1.54) is 11.1 Å². The summed E-state index contributed by atoms with van der Waals surface area (Å²) in [7, 11) is 0. The van der Waals surface area contributed by atoms with Crippen LogP contribution in [-0.2, 0) is 11.8 Å². The molecule has 0 saturated carbocycles. The van der Waals surface area contributed by atoms with E-state index in [1.807, 2.05) is 6.26 Å². The molecule has 1 aromatic carbocycles. The Morgan fingerprint density at radius 3 is 2.19 bits per heavy atom. The molecule has 1 N–H and O–H groups in total. The second-order valence-corrected chi connectivity index (χ2v) is 6.17. The molecule has 1 unspecified atom stereocenters. The van der Waals surface area contributed by atoms with Gasteiger partial charge in [-0.1, -0.05) is 45.0 Å². The zero-order valence-electron chi connectivity index (χ0n) is 10.7. The van der Waals surface area contributed by atoms with Crippen LogP contribution < -0.4 is 0 Å². The van der Waals surface area contributed by atoms with Crippen LogP contribution in [0.3, 0.4) is 0 Å². The number of thioether (sulfide) groups is 1. The molecule has 1 nitrogen and oxygen atoms in total. The van der Waals surface area contributed by atoms with E-state index in [0.717, 1.165) is 12.2 Å². The van der Waals surface area contributed by atoms with E-state index in [1.54, 1.807) is 11.8 Å². The third kappa shape index (κ3) is 4.18. The molecular formula is C14H22OS. The minimum Gasteiger partial charge on any atom is -0.392 e. The van der Waals surface area contributed by atoms with E-state index in [9.17, 15) is 5.11 Å². The molecule has 1 atom stereocenters. The molecule has 0 fully saturated rings. The lowest BCUT2D eigenvalue weighted by Crippen LogP contribution is -2.14. The topological polar surface area (TPSA) is 20.2 Å². The van der Waals surface area contributed by atoms with E-state index in [-0.39, 0.29) is 11.5 Å². The first-order valence-corrected chi connectivity index (χ1v) is 7.09. The van der Waals surface area contributed by atoms with Crippen LogP contribution in [0.5, 0.6) is 0 Å². The summed E-state index contributed by atoms with van der Waals surface area (Å²) in [5.41, 5.74) is 2.77. The molecule has 0 aliphatic carbocycles. The Kier molecular flexibility index (Phi) is 4.88. The fourth-order valence-corrected chi connectivity index (χ4v) is 2.17. The van der Waals surface area contributed by atoms with Crippen LogP contribution in [0.25, 0.3) is 0 Å². The van der Waals surface area contributed by atoms with Gasteiger partial charge in [-0.05, 0) is 29.2 Å². The van der Waals surface area contributed by atoms with Crippen LogP contribution in [0, 0.1) is 0 Å². The van der Waals surface area contributed by atoms with Gasteiger partial charge < -0.3 is 5.11 Å². The first-order valence-electron chi connectivity index (χ1n) is 5.70. The van der Waals surface area contributed by atoms with Gasteiger partial charge in [0.2, 0.25) is 0 Å². The highest BCUT2D eigenvalue weighted by Crippen LogP contribution is 2.22. The van der Waals surface area contributed by atoms with Gasteiger partial charge in [0.05, 0.1) is 6.10 Å². The van der Waals surface area contributed by atoms with Crippen LogP contribution in [0.15, 0.2) is 24.3 Å². The Hall–Kier alpha value is -0.470. The first kappa shape index (κ1) is 13.6. The van der Waals surface area contributed by atoms with E-state index < -0.39 is 0 Å². The van der Waals surface area contributed by atoms with E-state index >= 15 is 0 Å². The van der Waals surface area contributed by atoms with Crippen molar-refractivity contribution in [1.82, 2.24) is 0 Å². The van der Waals surface area contributed by atoms with Crippen LogP contribution in [0.2, 0.25) is 0 Å². The monoisotopic (exact) mass is 238 g/mol. The zero-order chi connectivity index (χ0) is 12.2. The fourth-order valence-electron chi connectivity index (χ4n) is 1.66. The molecule has 2 heteroatoms. The lowest BCUT2D eigenvalue weighted by molar-refractivity contribution is 0.200. The standard InChI is InChI=1S/C14H22OS/c1-14(2,3)12-7-5-11(6-8-12)9-13(15)10-16-4/h5-8,13,15H,9-10H2,1-4H3. The largest absolute Gasteiger partial charge is 0.392 e. The Labute approximate surface area is 103 Å². The molecule has 0 aliphatic heterocycles. The summed E-state index contributed by atoms with van der Waals surface area (Å²) in [4.78, 5) is 0. The van der Waals surface area contributed by atoms with Gasteiger partial charge in [-0.15, -0.1) is 0 Å². The summed E-state index contributed by atoms with van der Waals surface area (Å²) in [6.07, 6.45) is 2.55. The van der Waals surface area contributed by atoms with Crippen molar-refractivity contribution in [3.63, 3.8) is 0 Å². The maximum Gasteiger partial charge on any atom is 0.0670 e. The number of hydrogen-bond donors (Lipinski definition) is 1. The minimum absolute atomic E-state index is 0.205. The number of aliphatic hydroxyl groups excluding tert-OH is 1. The highest BCUT2D eigenvalue weighted by Gasteiger charge is 2.13. The van der Waals surface area contributed by atoms with Crippen molar-refractivity contribution in [2.24, 2.45) is 0 Å². The molecule has 0 bridgehead atoms. The molecule has 16 heavy (non-hydrogen) atoms. The van der Waals surface area contributed by atoms with Gasteiger partial charge in [-0.2, -0.15) is 11.8 Å². The third-order valence-corrected chi connectivity index (χ3v) is 3.37. The number of hydrogen-bond acceptors (Lipinski definition) is 2. The highest BCUT2D eigenvalue weighted by molar-refractivity contribution is 7.98. The smallest absolute Gasteiger partial charge is 0.0670 e. The zero-order valence-corrected chi connectivity index (χ0v) is 11.5. The summed E-state index contributed by atoms with van der Waals surface area (Å²) < 4.78 is 0. The SMILES string of the molecule is CSCC(O)Cc1ccc(C(C)(C)C)cc1. The second kappa shape index (κ2) is 5.74. The van der Waals surface area contributed by atoms with E-state index in [4.69, 9.17) is 0 Å². The predicted octanol–water partition coefficient (Wildman–Crippen LogP) is 3.25. The third-order valence-electron chi connectivity index (χ3n) is 2.65. The molecule has 0 saturated heterocycles. The first-order chi connectivity index (χ1) is 7.43. The number of rotatable bonds is 4. The van der Waals surface area contributed by atoms with E-state index in [2.05, 4.69) is 45.0 Å². The quantitative estimate of drug-likeness (QED) is 0.869. The van der Waals surface area contributed by atoms with Crippen molar-refractivity contribution in [2.75, 3.05) is 12.0 Å². The molecule has 0 aromatic heterocycles. The van der Waals surface area contributed by atoms with Gasteiger partial charge in [-0.3, -0.25) is 0 Å². The Balaban J connectivity index is 2.65. The van der Waals surface area contributed by atoms with Gasteiger partial charge in [-0.25, -0.2) is 0 Å². The number of benzene rings is 1. The van der Waals surface area contributed by atoms with Gasteiger partial charge in [0.15, 0.2) is 0 Å². The Bertz CT molecular complexity index is 311. The highest BCUT2D eigenvalue weighted by atomic mass is 32.2. The van der Waals surface area contributed by atoms with Crippen molar-refractivity contribution in [3.8, 4) is 0 Å². The lowest BCUT2D eigenvalue weighted by Gasteiger charge is -2.19. The predicted molar refractivity (Wildman–Crippen MR) is 73.2 cm³/mol. The summed E-state index contributed by atoms with van der Waals surface area (Å²) in [6, 6.07) is 8.59. The van der Waals surface area contributed by atoms with Crippen LogP contribution in [0.4, 0.5) is 0 Å². The molecule has 1 rings (SSSR count). The maximum absolute atomic E-state index is 9.71. The average molecular weight is 238 g/mol. The van der Waals surface area contributed by atoms with Crippen molar-refractivity contribution in [3.05, 3.63) is 35.4 Å². The maximum atomic E-state index is 9.71. The van der Waals surface area contributed by atoms with Crippen molar-refractivity contribution >= 4 is 11.8 Å². The van der Waals surface area contributed by atoms with Gasteiger partial charge >= 0.3 is 0 Å². The average Bonchev–Trinajstić information content (AvgIpc) is 2.17. The molecule has 0 spiro atoms. The van der Waals surface area contributed by atoms with Crippen molar-refractivity contribution in [1.29, 1.82) is 0 Å². The van der Waals surface area contributed by atoms with Crippen LogP contribution in [-0.4, -0.2) is 23.2 Å². The van der Waals surface area contributed by atoms with Crippen molar-refractivity contribution < 1.29 is 5.11 Å². The normalized spacial score (nSPS) is 13.8. The molecule has 0 aliphatic rings. The van der Waals surface area contributed by atoms with Crippen LogP contribution in [0.1, 0.15) is 31.9 Å². The Morgan fingerprint density at radius 1 is 1.19 bits per heavy atom. The molecule has 0 amide bonds. The van der Waals surface area contributed by atoms with E-state index in [0.29, 0.717) is 0 Å². The molecule has 0 radical (unpaired) electrons. The lowest BCUT2D eigenvalue weighted by atomic mass is 9.86. The second-order valence-electron chi connectivity index (χ2n) is 5.26. The van der Waals surface area contributed by atoms with Crippen molar-refractivity contribution in [2.45, 2.75) is 38.7 Å². The fraction of sp³-hybridized carbons (Fsp3) is 0.571.